The van der Waals surface area contributed by atoms with Crippen molar-refractivity contribution in [1.82, 2.24) is 10.2 Å². The highest BCUT2D eigenvalue weighted by Gasteiger charge is 2.32. The van der Waals surface area contributed by atoms with Crippen LogP contribution in [0.15, 0.2) is 0 Å². The highest BCUT2D eigenvalue weighted by molar-refractivity contribution is 5.96. The summed E-state index contributed by atoms with van der Waals surface area (Å²) in [6, 6.07) is 0.144. The van der Waals surface area contributed by atoms with E-state index in [4.69, 9.17) is 0 Å². The smallest absolute Gasteiger partial charge is 0.321 e. The number of carbonyl (C=O) groups is 2. The molecule has 4 nitrogen and oxygen atoms in total. The molecule has 4 heteroatoms. The van der Waals surface area contributed by atoms with E-state index in [1.807, 2.05) is 4.90 Å². The zero-order valence-corrected chi connectivity index (χ0v) is 9.87. The highest BCUT2D eigenvalue weighted by atomic mass is 16.2. The molecule has 1 saturated heterocycles. The Kier molecular flexibility index (Phi) is 3.46. The molecule has 0 spiro atoms. The van der Waals surface area contributed by atoms with Crippen molar-refractivity contribution in [3.05, 3.63) is 0 Å². The zero-order valence-electron chi connectivity index (χ0n) is 9.87. The van der Waals surface area contributed by atoms with E-state index >= 15 is 0 Å². The van der Waals surface area contributed by atoms with Gasteiger partial charge in [-0.1, -0.05) is 26.2 Å². The van der Waals surface area contributed by atoms with Crippen LogP contribution in [0.1, 0.15) is 45.4 Å². The first-order chi connectivity index (χ1) is 7.68. The molecule has 2 fully saturated rings. The van der Waals surface area contributed by atoms with Crippen LogP contribution in [0.4, 0.5) is 4.79 Å². The first-order valence-electron chi connectivity index (χ1n) is 6.29. The Morgan fingerprint density at radius 3 is 2.69 bits per heavy atom. The Labute approximate surface area is 96.4 Å². The van der Waals surface area contributed by atoms with E-state index in [9.17, 15) is 9.59 Å². The van der Waals surface area contributed by atoms with Gasteiger partial charge in [0.2, 0.25) is 5.91 Å². The Morgan fingerprint density at radius 1 is 1.19 bits per heavy atom. The van der Waals surface area contributed by atoms with Crippen molar-refractivity contribution in [2.75, 3.05) is 6.54 Å². The van der Waals surface area contributed by atoms with Gasteiger partial charge in [0.15, 0.2) is 0 Å². The van der Waals surface area contributed by atoms with E-state index < -0.39 is 0 Å². The molecule has 90 valence electrons. The number of imide groups is 1. The molecule has 2 atom stereocenters. The molecule has 2 aliphatic rings. The minimum atomic E-state index is -0.185. The lowest BCUT2D eigenvalue weighted by Crippen LogP contribution is -2.54. The molecule has 2 unspecified atom stereocenters. The Bertz CT molecular complexity index is 291. The van der Waals surface area contributed by atoms with E-state index in [1.54, 1.807) is 0 Å². The second-order valence-electron chi connectivity index (χ2n) is 4.98. The quantitative estimate of drug-likeness (QED) is 0.691. The highest BCUT2D eigenvalue weighted by Crippen LogP contribution is 2.27. The van der Waals surface area contributed by atoms with Crippen LogP contribution >= 0.6 is 0 Å². The fraction of sp³-hybridized carbons (Fsp3) is 0.833. The number of carbonyl (C=O) groups excluding carboxylic acids is 2. The van der Waals surface area contributed by atoms with Gasteiger partial charge in [0, 0.05) is 19.0 Å². The second kappa shape index (κ2) is 4.85. The minimum absolute atomic E-state index is 0.137. The molecule has 0 aromatic heterocycles. The zero-order chi connectivity index (χ0) is 11.5. The van der Waals surface area contributed by atoms with E-state index in [2.05, 4.69) is 12.2 Å². The number of rotatable bonds is 1. The summed E-state index contributed by atoms with van der Waals surface area (Å²) in [5, 5.41) is 2.42. The van der Waals surface area contributed by atoms with Gasteiger partial charge < -0.3 is 4.90 Å². The molecule has 0 radical (unpaired) electrons. The van der Waals surface area contributed by atoms with Crippen LogP contribution in [0.5, 0.6) is 0 Å². The van der Waals surface area contributed by atoms with Crippen molar-refractivity contribution in [2.45, 2.75) is 51.5 Å². The van der Waals surface area contributed by atoms with Gasteiger partial charge in [0.05, 0.1) is 0 Å². The SMILES string of the molecule is CC1CCCCCC1N1CCC(=O)NC1=O. The summed E-state index contributed by atoms with van der Waals surface area (Å²) in [5.41, 5.74) is 0. The number of hydrogen-bond donors (Lipinski definition) is 1. The first-order valence-corrected chi connectivity index (χ1v) is 6.29. The van der Waals surface area contributed by atoms with Crippen LogP contribution in [-0.2, 0) is 4.79 Å². The summed E-state index contributed by atoms with van der Waals surface area (Å²) in [7, 11) is 0. The summed E-state index contributed by atoms with van der Waals surface area (Å²) in [6.45, 7) is 2.82. The van der Waals surface area contributed by atoms with Crippen LogP contribution < -0.4 is 5.32 Å². The van der Waals surface area contributed by atoms with Crippen LogP contribution in [0.25, 0.3) is 0 Å². The van der Waals surface area contributed by atoms with E-state index in [0.717, 1.165) is 6.42 Å². The molecule has 1 aliphatic carbocycles. The number of amides is 3. The lowest BCUT2D eigenvalue weighted by Gasteiger charge is -2.36. The largest absolute Gasteiger partial charge is 0.324 e. The van der Waals surface area contributed by atoms with Gasteiger partial charge in [0.25, 0.3) is 0 Å². The van der Waals surface area contributed by atoms with Crippen LogP contribution in [-0.4, -0.2) is 29.4 Å². The summed E-state index contributed by atoms with van der Waals surface area (Å²) in [4.78, 5) is 24.7. The number of hydrogen-bond acceptors (Lipinski definition) is 2. The average molecular weight is 224 g/mol. The third kappa shape index (κ3) is 2.36. The standard InChI is InChI=1S/C12H20N2O2/c1-9-5-3-2-4-6-10(9)14-8-7-11(15)13-12(14)16/h9-10H,2-8H2,1H3,(H,13,15,16). The van der Waals surface area contributed by atoms with Gasteiger partial charge in [-0.25, -0.2) is 4.79 Å². The maximum absolute atomic E-state index is 11.8. The fourth-order valence-electron chi connectivity index (χ4n) is 2.83. The lowest BCUT2D eigenvalue weighted by atomic mass is 9.95. The molecule has 1 heterocycles. The summed E-state index contributed by atoms with van der Waals surface area (Å²) < 4.78 is 0. The Balaban J connectivity index is 2.04. The van der Waals surface area contributed by atoms with E-state index in [0.29, 0.717) is 24.9 Å². The summed E-state index contributed by atoms with van der Waals surface area (Å²) in [5.74, 6) is 0.420. The van der Waals surface area contributed by atoms with Crippen LogP contribution in [0.2, 0.25) is 0 Å². The number of urea groups is 1. The van der Waals surface area contributed by atoms with Gasteiger partial charge in [-0.15, -0.1) is 0 Å². The van der Waals surface area contributed by atoms with Crippen molar-refractivity contribution in [1.29, 1.82) is 0 Å². The minimum Gasteiger partial charge on any atom is -0.321 e. The van der Waals surface area contributed by atoms with Crippen molar-refractivity contribution < 1.29 is 9.59 Å². The molecule has 1 aliphatic heterocycles. The molecule has 2 rings (SSSR count). The van der Waals surface area contributed by atoms with E-state index in [1.165, 1.54) is 25.7 Å². The Hall–Kier alpha value is -1.06. The number of nitrogens with zero attached hydrogens (tertiary/aromatic N) is 1. The first kappa shape index (κ1) is 11.4. The van der Waals surface area contributed by atoms with E-state index in [-0.39, 0.29) is 11.9 Å². The van der Waals surface area contributed by atoms with Gasteiger partial charge in [-0.05, 0) is 18.8 Å². The van der Waals surface area contributed by atoms with Crippen molar-refractivity contribution in [3.63, 3.8) is 0 Å². The van der Waals surface area contributed by atoms with Crippen LogP contribution in [0.3, 0.4) is 0 Å². The predicted molar refractivity (Wildman–Crippen MR) is 60.9 cm³/mol. The molecule has 3 amide bonds. The monoisotopic (exact) mass is 224 g/mol. The van der Waals surface area contributed by atoms with Crippen molar-refractivity contribution in [2.24, 2.45) is 5.92 Å². The normalized spacial score (nSPS) is 32.2. The van der Waals surface area contributed by atoms with Crippen molar-refractivity contribution >= 4 is 11.9 Å². The topological polar surface area (TPSA) is 49.4 Å². The molecule has 1 N–H and O–H groups in total. The van der Waals surface area contributed by atoms with Crippen molar-refractivity contribution in [3.8, 4) is 0 Å². The number of nitrogens with one attached hydrogen (secondary N) is 1. The third-order valence-corrected chi connectivity index (χ3v) is 3.80. The molecule has 1 saturated carbocycles. The van der Waals surface area contributed by atoms with Gasteiger partial charge in [-0.3, -0.25) is 10.1 Å². The van der Waals surface area contributed by atoms with Gasteiger partial charge in [0.1, 0.15) is 0 Å². The Morgan fingerprint density at radius 2 is 1.94 bits per heavy atom. The predicted octanol–water partition coefficient (Wildman–Crippen LogP) is 1.90. The maximum Gasteiger partial charge on any atom is 0.324 e. The third-order valence-electron chi connectivity index (χ3n) is 3.80. The molecule has 16 heavy (non-hydrogen) atoms. The fourth-order valence-corrected chi connectivity index (χ4v) is 2.83. The molecule has 0 bridgehead atoms. The van der Waals surface area contributed by atoms with Gasteiger partial charge >= 0.3 is 6.03 Å². The average Bonchev–Trinajstić information content (AvgIpc) is 2.44. The summed E-state index contributed by atoms with van der Waals surface area (Å²) in [6.07, 6.45) is 6.48. The molecular formula is C12H20N2O2. The lowest BCUT2D eigenvalue weighted by molar-refractivity contribution is -0.121. The molecule has 0 aromatic rings. The molecular weight excluding hydrogens is 204 g/mol. The summed E-state index contributed by atoms with van der Waals surface area (Å²) >= 11 is 0. The molecule has 0 aromatic carbocycles. The maximum atomic E-state index is 11.8. The second-order valence-corrected chi connectivity index (χ2v) is 4.98. The van der Waals surface area contributed by atoms with Crippen LogP contribution in [0, 0.1) is 5.92 Å². The van der Waals surface area contributed by atoms with Gasteiger partial charge in [-0.2, -0.15) is 0 Å².